The van der Waals surface area contributed by atoms with Gasteiger partial charge in [0.2, 0.25) is 0 Å². The average Bonchev–Trinajstić information content (AvgIpc) is 2.36. The van der Waals surface area contributed by atoms with Crippen LogP contribution in [0.15, 0.2) is 18.2 Å². The zero-order valence-corrected chi connectivity index (χ0v) is 10.7. The minimum Gasteiger partial charge on any atom is -0.507 e. The Bertz CT molecular complexity index is 546. The van der Waals surface area contributed by atoms with Crippen LogP contribution in [-0.2, 0) is 16.0 Å². The number of carbonyl (C=O) groups is 2. The summed E-state index contributed by atoms with van der Waals surface area (Å²) in [5.74, 6) is -2.46. The van der Waals surface area contributed by atoms with Gasteiger partial charge in [0.25, 0.3) is 5.91 Å². The molecular formula is C12H13F3N2O4. The van der Waals surface area contributed by atoms with Crippen molar-refractivity contribution in [1.29, 1.82) is 0 Å². The fourth-order valence-electron chi connectivity index (χ4n) is 1.50. The summed E-state index contributed by atoms with van der Waals surface area (Å²) in [4.78, 5) is 22.3. The summed E-state index contributed by atoms with van der Waals surface area (Å²) < 4.78 is 39.7. The Kier molecular flexibility index (Phi) is 5.14. The van der Waals surface area contributed by atoms with E-state index in [1.165, 1.54) is 18.2 Å². The van der Waals surface area contributed by atoms with Crippen LogP contribution in [0.25, 0.3) is 0 Å². The number of alkyl halides is 3. The molecule has 0 fully saturated rings. The van der Waals surface area contributed by atoms with Gasteiger partial charge in [-0.3, -0.25) is 9.59 Å². The monoisotopic (exact) mass is 306 g/mol. The molecule has 21 heavy (non-hydrogen) atoms. The number of primary amides is 1. The Morgan fingerprint density at radius 3 is 2.48 bits per heavy atom. The van der Waals surface area contributed by atoms with Crippen LogP contribution in [0.5, 0.6) is 5.75 Å². The molecule has 0 aliphatic rings. The SMILES string of the molecule is NC(=O)c1cc(C[C@H](N)C(=O)OCC(F)(F)F)ccc1O. The molecule has 0 aromatic heterocycles. The van der Waals surface area contributed by atoms with E-state index < -0.39 is 30.7 Å². The molecule has 1 aromatic carbocycles. The summed E-state index contributed by atoms with van der Waals surface area (Å²) in [6.07, 6.45) is -4.80. The molecule has 9 heteroatoms. The van der Waals surface area contributed by atoms with E-state index in [1.54, 1.807) is 0 Å². The van der Waals surface area contributed by atoms with E-state index in [9.17, 15) is 27.9 Å². The summed E-state index contributed by atoms with van der Waals surface area (Å²) in [5, 5.41) is 9.37. The van der Waals surface area contributed by atoms with Crippen molar-refractivity contribution in [1.82, 2.24) is 0 Å². The van der Waals surface area contributed by atoms with Crippen LogP contribution in [0.1, 0.15) is 15.9 Å². The lowest BCUT2D eigenvalue weighted by atomic mass is 10.0. The van der Waals surface area contributed by atoms with Crippen molar-refractivity contribution in [3.63, 3.8) is 0 Å². The highest BCUT2D eigenvalue weighted by Gasteiger charge is 2.30. The molecule has 0 aliphatic heterocycles. The number of ether oxygens (including phenoxy) is 1. The van der Waals surface area contributed by atoms with Crippen LogP contribution in [0, 0.1) is 0 Å². The second-order valence-electron chi connectivity index (χ2n) is 4.25. The van der Waals surface area contributed by atoms with E-state index >= 15 is 0 Å². The van der Waals surface area contributed by atoms with Gasteiger partial charge in [-0.2, -0.15) is 13.2 Å². The predicted molar refractivity (Wildman–Crippen MR) is 65.3 cm³/mol. The van der Waals surface area contributed by atoms with Crippen molar-refractivity contribution in [3.8, 4) is 5.75 Å². The Morgan fingerprint density at radius 2 is 1.95 bits per heavy atom. The molecule has 0 heterocycles. The van der Waals surface area contributed by atoms with Crippen molar-refractivity contribution >= 4 is 11.9 Å². The van der Waals surface area contributed by atoms with Crippen molar-refractivity contribution in [3.05, 3.63) is 29.3 Å². The number of amides is 1. The van der Waals surface area contributed by atoms with Crippen molar-refractivity contribution < 1.29 is 32.6 Å². The van der Waals surface area contributed by atoms with E-state index in [0.29, 0.717) is 5.56 Å². The fraction of sp³-hybridized carbons (Fsp3) is 0.333. The maximum atomic E-state index is 11.9. The largest absolute Gasteiger partial charge is 0.507 e. The van der Waals surface area contributed by atoms with Crippen LogP contribution in [-0.4, -0.2) is 35.8 Å². The molecule has 0 bridgehead atoms. The third-order valence-corrected chi connectivity index (χ3v) is 2.46. The smallest absolute Gasteiger partial charge is 0.422 e. The molecule has 0 spiro atoms. The summed E-state index contributed by atoms with van der Waals surface area (Å²) in [7, 11) is 0. The average molecular weight is 306 g/mol. The van der Waals surface area contributed by atoms with Crippen molar-refractivity contribution in [2.45, 2.75) is 18.6 Å². The first kappa shape index (κ1) is 16.8. The zero-order chi connectivity index (χ0) is 16.2. The fourth-order valence-corrected chi connectivity index (χ4v) is 1.50. The standard InChI is InChI=1S/C12H13F3N2O4/c13-12(14,15)5-21-11(20)8(16)4-6-1-2-9(18)7(3-6)10(17)19/h1-3,8,18H,4-5,16H2,(H2,17,19)/t8-/m0/s1. The third kappa shape index (κ3) is 5.30. The molecule has 5 N–H and O–H groups in total. The zero-order valence-electron chi connectivity index (χ0n) is 10.7. The van der Waals surface area contributed by atoms with Gasteiger partial charge in [0.05, 0.1) is 5.56 Å². The maximum absolute atomic E-state index is 11.9. The Morgan fingerprint density at radius 1 is 1.33 bits per heavy atom. The molecule has 1 amide bonds. The van der Waals surface area contributed by atoms with E-state index in [2.05, 4.69) is 4.74 Å². The molecule has 0 unspecified atom stereocenters. The molecular weight excluding hydrogens is 293 g/mol. The van der Waals surface area contributed by atoms with Gasteiger partial charge in [-0.1, -0.05) is 6.07 Å². The molecule has 0 radical (unpaired) electrons. The summed E-state index contributed by atoms with van der Waals surface area (Å²) in [6, 6.07) is 2.40. The van der Waals surface area contributed by atoms with Gasteiger partial charge < -0.3 is 21.3 Å². The van der Waals surface area contributed by atoms with Gasteiger partial charge in [-0.15, -0.1) is 0 Å². The van der Waals surface area contributed by atoms with Crippen LogP contribution < -0.4 is 11.5 Å². The first-order valence-electron chi connectivity index (χ1n) is 5.71. The number of nitrogens with two attached hydrogens (primary N) is 2. The van der Waals surface area contributed by atoms with Crippen LogP contribution in [0.2, 0.25) is 0 Å². The second-order valence-corrected chi connectivity index (χ2v) is 4.25. The van der Waals surface area contributed by atoms with Gasteiger partial charge in [0.15, 0.2) is 6.61 Å². The normalized spacial score (nSPS) is 12.8. The number of carbonyl (C=O) groups excluding carboxylic acids is 2. The lowest BCUT2D eigenvalue weighted by Gasteiger charge is -2.13. The van der Waals surface area contributed by atoms with Crippen LogP contribution in [0.4, 0.5) is 13.2 Å². The number of hydrogen-bond donors (Lipinski definition) is 3. The molecule has 0 saturated carbocycles. The molecule has 1 rings (SSSR count). The minimum absolute atomic E-state index is 0.169. The number of benzene rings is 1. The van der Waals surface area contributed by atoms with Gasteiger partial charge in [-0.25, -0.2) is 0 Å². The third-order valence-electron chi connectivity index (χ3n) is 2.46. The predicted octanol–water partition coefficient (Wildman–Crippen LogP) is 0.466. The number of hydrogen-bond acceptors (Lipinski definition) is 5. The molecule has 116 valence electrons. The summed E-state index contributed by atoms with van der Waals surface area (Å²) in [5.41, 5.74) is 10.6. The van der Waals surface area contributed by atoms with E-state index in [1.807, 2.05) is 0 Å². The molecule has 0 aliphatic carbocycles. The lowest BCUT2D eigenvalue weighted by molar-refractivity contribution is -0.187. The second kappa shape index (κ2) is 6.44. The molecule has 6 nitrogen and oxygen atoms in total. The number of rotatable bonds is 5. The topological polar surface area (TPSA) is 116 Å². The molecule has 1 atom stereocenters. The maximum Gasteiger partial charge on any atom is 0.422 e. The van der Waals surface area contributed by atoms with Crippen LogP contribution in [0.3, 0.4) is 0 Å². The van der Waals surface area contributed by atoms with Gasteiger partial charge in [0, 0.05) is 0 Å². The number of halogens is 3. The first-order chi connectivity index (χ1) is 9.60. The van der Waals surface area contributed by atoms with Crippen molar-refractivity contribution in [2.75, 3.05) is 6.61 Å². The number of aromatic hydroxyl groups is 1. The quantitative estimate of drug-likeness (QED) is 0.684. The highest BCUT2D eigenvalue weighted by atomic mass is 19.4. The van der Waals surface area contributed by atoms with E-state index in [-0.39, 0.29) is 17.7 Å². The number of esters is 1. The van der Waals surface area contributed by atoms with Crippen molar-refractivity contribution in [2.24, 2.45) is 11.5 Å². The number of phenols is 1. The first-order valence-corrected chi connectivity index (χ1v) is 5.71. The Balaban J connectivity index is 2.70. The van der Waals surface area contributed by atoms with E-state index in [4.69, 9.17) is 11.5 Å². The molecule has 0 saturated heterocycles. The van der Waals surface area contributed by atoms with Crippen LogP contribution >= 0.6 is 0 Å². The Hall–Kier alpha value is -2.29. The Labute approximate surface area is 117 Å². The highest BCUT2D eigenvalue weighted by Crippen LogP contribution is 2.19. The lowest BCUT2D eigenvalue weighted by Crippen LogP contribution is -2.36. The summed E-state index contributed by atoms with van der Waals surface area (Å²) >= 11 is 0. The van der Waals surface area contributed by atoms with E-state index in [0.717, 1.165) is 0 Å². The minimum atomic E-state index is -4.63. The van der Waals surface area contributed by atoms with Gasteiger partial charge in [0.1, 0.15) is 11.8 Å². The van der Waals surface area contributed by atoms with Gasteiger partial charge in [-0.05, 0) is 24.1 Å². The molecule has 1 aromatic rings. The summed E-state index contributed by atoms with van der Waals surface area (Å²) in [6.45, 7) is -1.72. The van der Waals surface area contributed by atoms with Gasteiger partial charge >= 0.3 is 12.1 Å². The highest BCUT2D eigenvalue weighted by molar-refractivity contribution is 5.95.